The van der Waals surface area contributed by atoms with Gasteiger partial charge in [-0.3, -0.25) is 14.6 Å². The van der Waals surface area contributed by atoms with Gasteiger partial charge in [-0.2, -0.15) is 13.2 Å². The first-order valence-electron chi connectivity index (χ1n) is 6.01. The number of amides is 1. The number of Topliss-reactive ketones (excluding diaryl/α,β-unsaturated/α-hetero) is 1. The van der Waals surface area contributed by atoms with Crippen LogP contribution in [0.3, 0.4) is 0 Å². The lowest BCUT2D eigenvalue weighted by atomic mass is 9.89. The minimum absolute atomic E-state index is 0.0507. The zero-order valence-electron chi connectivity index (χ0n) is 10.6. The van der Waals surface area contributed by atoms with Crippen LogP contribution >= 0.6 is 15.9 Å². The zero-order chi connectivity index (χ0) is 15.8. The fourth-order valence-electron chi connectivity index (χ4n) is 2.24. The van der Waals surface area contributed by atoms with Crippen molar-refractivity contribution in [1.82, 2.24) is 4.98 Å². The van der Waals surface area contributed by atoms with Gasteiger partial charge in [0.05, 0.1) is 10.0 Å². The van der Waals surface area contributed by atoms with E-state index in [9.17, 15) is 22.8 Å². The number of nitrogens with zero attached hydrogens (tertiary/aromatic N) is 1. The minimum atomic E-state index is -4.75. The molecule has 0 radical (unpaired) electrons. The van der Waals surface area contributed by atoms with Gasteiger partial charge < -0.3 is 5.73 Å². The molecule has 0 bridgehead atoms. The van der Waals surface area contributed by atoms with Crippen molar-refractivity contribution in [3.63, 3.8) is 0 Å². The van der Waals surface area contributed by atoms with Gasteiger partial charge in [0.1, 0.15) is 0 Å². The molecule has 1 aromatic heterocycles. The van der Waals surface area contributed by atoms with Crippen molar-refractivity contribution in [3.05, 3.63) is 33.6 Å². The van der Waals surface area contributed by atoms with Gasteiger partial charge in [0.25, 0.3) is 0 Å². The predicted octanol–water partition coefficient (Wildman–Crippen LogP) is 3.06. The highest BCUT2D eigenvalue weighted by Gasteiger charge is 2.39. The summed E-state index contributed by atoms with van der Waals surface area (Å²) < 4.78 is 39.5. The Morgan fingerprint density at radius 3 is 2.57 bits per heavy atom. The van der Waals surface area contributed by atoms with E-state index in [0.717, 1.165) is 12.3 Å². The zero-order valence-corrected chi connectivity index (χ0v) is 12.2. The molecule has 1 aromatic rings. The fraction of sp³-hybridized carbons (Fsp3) is 0.308. The SMILES string of the molecule is NC(=O)c1ccnc(C(F)(F)F)c1C1=C(Br)C(=O)CCC1. The van der Waals surface area contributed by atoms with E-state index < -0.39 is 23.3 Å². The van der Waals surface area contributed by atoms with Gasteiger partial charge in [-0.05, 0) is 40.4 Å². The van der Waals surface area contributed by atoms with Crippen LogP contribution in [0.15, 0.2) is 16.7 Å². The topological polar surface area (TPSA) is 73.1 Å². The molecule has 0 saturated carbocycles. The van der Waals surface area contributed by atoms with Crippen molar-refractivity contribution in [2.75, 3.05) is 0 Å². The summed E-state index contributed by atoms with van der Waals surface area (Å²) in [5.74, 6) is -1.30. The summed E-state index contributed by atoms with van der Waals surface area (Å²) in [5, 5.41) is 0. The number of allylic oxidation sites excluding steroid dienone is 2. The normalized spacial score (nSPS) is 16.3. The van der Waals surface area contributed by atoms with E-state index in [1.54, 1.807) is 0 Å². The Morgan fingerprint density at radius 1 is 1.33 bits per heavy atom. The predicted molar refractivity (Wildman–Crippen MR) is 72.5 cm³/mol. The molecular weight excluding hydrogens is 353 g/mol. The summed E-state index contributed by atoms with van der Waals surface area (Å²) >= 11 is 3.02. The molecule has 0 spiro atoms. The van der Waals surface area contributed by atoms with E-state index in [4.69, 9.17) is 5.73 Å². The van der Waals surface area contributed by atoms with Gasteiger partial charge in [0, 0.05) is 18.2 Å². The molecule has 21 heavy (non-hydrogen) atoms. The first kappa shape index (κ1) is 15.7. The molecule has 4 nitrogen and oxygen atoms in total. The number of primary amides is 1. The molecule has 2 N–H and O–H groups in total. The maximum atomic E-state index is 13.1. The second kappa shape index (κ2) is 5.59. The van der Waals surface area contributed by atoms with Gasteiger partial charge in [-0.15, -0.1) is 0 Å². The lowest BCUT2D eigenvalue weighted by Crippen LogP contribution is -2.21. The Kier molecular flexibility index (Phi) is 4.18. The molecule has 0 saturated heterocycles. The standard InChI is InChI=1S/C13H10BrF3N2O2/c14-10-6(2-1-3-8(10)20)9-7(12(18)21)4-5-19-11(9)13(15,16)17/h4-5H,1-3H2,(H2,18,21). The summed E-state index contributed by atoms with van der Waals surface area (Å²) in [6.45, 7) is 0. The van der Waals surface area contributed by atoms with E-state index in [1.807, 2.05) is 0 Å². The number of halogens is 4. The molecule has 1 heterocycles. The first-order valence-corrected chi connectivity index (χ1v) is 6.81. The van der Waals surface area contributed by atoms with Gasteiger partial charge in [0.15, 0.2) is 11.5 Å². The number of rotatable bonds is 2. The molecule has 1 aliphatic rings. The number of pyridine rings is 1. The third-order valence-electron chi connectivity index (χ3n) is 3.13. The molecule has 1 amide bonds. The van der Waals surface area contributed by atoms with Crippen molar-refractivity contribution >= 4 is 33.2 Å². The number of aromatic nitrogens is 1. The van der Waals surface area contributed by atoms with Crippen molar-refractivity contribution in [1.29, 1.82) is 0 Å². The quantitative estimate of drug-likeness (QED) is 0.878. The number of hydrogen-bond acceptors (Lipinski definition) is 3. The average molecular weight is 363 g/mol. The smallest absolute Gasteiger partial charge is 0.366 e. The maximum Gasteiger partial charge on any atom is 0.433 e. The summed E-state index contributed by atoms with van der Waals surface area (Å²) in [6.07, 6.45) is -2.97. The molecule has 0 aromatic carbocycles. The summed E-state index contributed by atoms with van der Waals surface area (Å²) in [7, 11) is 0. The highest BCUT2D eigenvalue weighted by Crippen LogP contribution is 2.41. The highest BCUT2D eigenvalue weighted by atomic mass is 79.9. The maximum absolute atomic E-state index is 13.1. The largest absolute Gasteiger partial charge is 0.433 e. The Labute approximate surface area is 126 Å². The first-order chi connectivity index (χ1) is 9.73. The Bertz CT molecular complexity index is 653. The number of alkyl halides is 3. The van der Waals surface area contributed by atoms with E-state index in [-0.39, 0.29) is 34.2 Å². The second-order valence-electron chi connectivity index (χ2n) is 4.51. The van der Waals surface area contributed by atoms with E-state index in [0.29, 0.717) is 6.42 Å². The summed E-state index contributed by atoms with van der Waals surface area (Å²) in [4.78, 5) is 26.5. The van der Waals surface area contributed by atoms with Crippen LogP contribution in [0.4, 0.5) is 13.2 Å². The van der Waals surface area contributed by atoms with Crippen molar-refractivity contribution < 1.29 is 22.8 Å². The Balaban J connectivity index is 2.80. The van der Waals surface area contributed by atoms with Gasteiger partial charge in [-0.25, -0.2) is 0 Å². The third kappa shape index (κ3) is 2.99. The van der Waals surface area contributed by atoms with Crippen LogP contribution < -0.4 is 5.73 Å². The van der Waals surface area contributed by atoms with Crippen LogP contribution in [0.5, 0.6) is 0 Å². The van der Waals surface area contributed by atoms with Gasteiger partial charge in [-0.1, -0.05) is 0 Å². The van der Waals surface area contributed by atoms with Crippen LogP contribution in [0.1, 0.15) is 40.9 Å². The fourth-order valence-corrected chi connectivity index (χ4v) is 2.83. The molecule has 0 fully saturated rings. The van der Waals surface area contributed by atoms with Crippen molar-refractivity contribution in [3.8, 4) is 0 Å². The lowest BCUT2D eigenvalue weighted by molar-refractivity contribution is -0.141. The molecular formula is C13H10BrF3N2O2. The van der Waals surface area contributed by atoms with Crippen LogP contribution in [0.25, 0.3) is 5.57 Å². The van der Waals surface area contributed by atoms with E-state index in [1.165, 1.54) is 0 Å². The van der Waals surface area contributed by atoms with Crippen LogP contribution in [-0.2, 0) is 11.0 Å². The Morgan fingerprint density at radius 2 is 2.00 bits per heavy atom. The van der Waals surface area contributed by atoms with Crippen molar-refractivity contribution in [2.45, 2.75) is 25.4 Å². The number of carbonyl (C=O) groups is 2. The van der Waals surface area contributed by atoms with Crippen LogP contribution in [-0.4, -0.2) is 16.7 Å². The molecule has 0 aliphatic heterocycles. The second-order valence-corrected chi connectivity index (χ2v) is 5.31. The van der Waals surface area contributed by atoms with E-state index >= 15 is 0 Å². The molecule has 8 heteroatoms. The van der Waals surface area contributed by atoms with Crippen molar-refractivity contribution in [2.24, 2.45) is 5.73 Å². The molecule has 2 rings (SSSR count). The summed E-state index contributed by atoms with van der Waals surface area (Å²) in [5.41, 5.74) is 3.38. The number of carbonyl (C=O) groups excluding carboxylic acids is 2. The van der Waals surface area contributed by atoms with Gasteiger partial charge >= 0.3 is 6.18 Å². The number of ketones is 1. The highest BCUT2D eigenvalue weighted by molar-refractivity contribution is 9.12. The number of hydrogen-bond donors (Lipinski definition) is 1. The molecule has 1 aliphatic carbocycles. The van der Waals surface area contributed by atoms with E-state index in [2.05, 4.69) is 20.9 Å². The van der Waals surface area contributed by atoms with Gasteiger partial charge in [0.2, 0.25) is 5.91 Å². The minimum Gasteiger partial charge on any atom is -0.366 e. The monoisotopic (exact) mass is 362 g/mol. The Hall–Kier alpha value is -1.70. The number of nitrogens with two attached hydrogens (primary N) is 1. The molecule has 0 unspecified atom stereocenters. The van der Waals surface area contributed by atoms with Crippen LogP contribution in [0, 0.1) is 0 Å². The summed E-state index contributed by atoms with van der Waals surface area (Å²) in [6, 6.07) is 1.12. The third-order valence-corrected chi connectivity index (χ3v) is 4.05. The molecule has 112 valence electrons. The van der Waals surface area contributed by atoms with Crippen LogP contribution in [0.2, 0.25) is 0 Å². The molecule has 0 atom stereocenters. The average Bonchev–Trinajstić information content (AvgIpc) is 2.40. The lowest BCUT2D eigenvalue weighted by Gasteiger charge is -2.21.